The second-order valence-corrected chi connectivity index (χ2v) is 8.92. The molecule has 2 aromatic heterocycles. The van der Waals surface area contributed by atoms with E-state index in [-0.39, 0.29) is 12.3 Å². The number of aromatic nitrogens is 2. The average molecular weight is 485 g/mol. The Hall–Kier alpha value is -2.96. The lowest BCUT2D eigenvalue weighted by Gasteiger charge is -2.21. The number of carbonyl (C=O) groups excluding carboxylic acids is 1. The minimum atomic E-state index is -0.857. The normalized spacial score (nSPS) is 12.5. The highest BCUT2D eigenvalue weighted by atomic mass is 16.4. The van der Waals surface area contributed by atoms with Crippen molar-refractivity contribution in [3.8, 4) is 0 Å². The molecule has 1 amide bonds. The van der Waals surface area contributed by atoms with Crippen LogP contribution >= 0.6 is 0 Å². The number of carboxylic acids is 1. The monoisotopic (exact) mass is 484 g/mol. The Morgan fingerprint density at radius 1 is 1.14 bits per heavy atom. The summed E-state index contributed by atoms with van der Waals surface area (Å²) in [6.45, 7) is 10.0. The first kappa shape index (κ1) is 30.1. The topological polar surface area (TPSA) is 95.4 Å². The smallest absolute Gasteiger partial charge is 0.305 e. The quantitative estimate of drug-likeness (QED) is 0.455. The second kappa shape index (κ2) is 18.4. The fourth-order valence-electron chi connectivity index (χ4n) is 3.42. The van der Waals surface area contributed by atoms with E-state index in [0.717, 1.165) is 31.6 Å². The number of nitrogens with zero attached hydrogens (tertiary/aromatic N) is 3. The molecule has 2 N–H and O–H groups in total. The van der Waals surface area contributed by atoms with Gasteiger partial charge in [-0.1, -0.05) is 45.7 Å². The molecule has 0 saturated heterocycles. The second-order valence-electron chi connectivity index (χ2n) is 8.92. The van der Waals surface area contributed by atoms with Crippen molar-refractivity contribution < 1.29 is 14.7 Å². The number of hydrogen-bond acceptors (Lipinski definition) is 5. The number of amides is 1. The molecule has 7 nitrogen and oxygen atoms in total. The number of fused-ring (bicyclic) bond motifs is 1. The first-order valence-electron chi connectivity index (χ1n) is 12.9. The van der Waals surface area contributed by atoms with Crippen LogP contribution in [-0.2, 0) is 22.4 Å². The van der Waals surface area contributed by atoms with E-state index in [1.54, 1.807) is 17.3 Å². The predicted octanol–water partition coefficient (Wildman–Crippen LogP) is 5.61. The van der Waals surface area contributed by atoms with Crippen LogP contribution in [0.15, 0.2) is 42.7 Å². The molecule has 1 aliphatic rings. The molecule has 3 heterocycles. The van der Waals surface area contributed by atoms with E-state index >= 15 is 0 Å². The number of anilines is 1. The van der Waals surface area contributed by atoms with Crippen LogP contribution in [-0.4, -0.2) is 51.5 Å². The van der Waals surface area contributed by atoms with Crippen LogP contribution in [0.4, 0.5) is 5.82 Å². The van der Waals surface area contributed by atoms with Gasteiger partial charge < -0.3 is 15.3 Å². The van der Waals surface area contributed by atoms with Gasteiger partial charge in [-0.3, -0.25) is 14.6 Å². The molecule has 2 aromatic rings. The molecule has 7 heteroatoms. The summed E-state index contributed by atoms with van der Waals surface area (Å²) in [5, 5.41) is 11.9. The zero-order valence-corrected chi connectivity index (χ0v) is 22.0. The van der Waals surface area contributed by atoms with Crippen LogP contribution in [0, 0.1) is 5.92 Å². The predicted molar refractivity (Wildman–Crippen MR) is 142 cm³/mol. The maximum atomic E-state index is 11.2. The van der Waals surface area contributed by atoms with E-state index in [1.165, 1.54) is 43.9 Å². The van der Waals surface area contributed by atoms with Crippen molar-refractivity contribution in [3.63, 3.8) is 0 Å². The van der Waals surface area contributed by atoms with Crippen molar-refractivity contribution in [3.05, 3.63) is 54.0 Å². The Kier molecular flexibility index (Phi) is 15.8. The molecule has 35 heavy (non-hydrogen) atoms. The number of carboxylic acid groups (broad SMARTS) is 1. The van der Waals surface area contributed by atoms with Crippen LogP contribution in [0.5, 0.6) is 0 Å². The van der Waals surface area contributed by atoms with Crippen LogP contribution in [0.25, 0.3) is 0 Å². The number of unbranched alkanes of at least 4 members (excludes halogenated alkanes) is 1. The summed E-state index contributed by atoms with van der Waals surface area (Å²) in [4.78, 5) is 31.6. The Morgan fingerprint density at radius 2 is 1.89 bits per heavy atom. The van der Waals surface area contributed by atoms with Gasteiger partial charge in [-0.05, 0) is 61.8 Å². The fourth-order valence-corrected chi connectivity index (χ4v) is 3.42. The Balaban J connectivity index is 0.000000284. The molecular weight excluding hydrogens is 440 g/mol. The summed E-state index contributed by atoms with van der Waals surface area (Å²) < 4.78 is 0. The summed E-state index contributed by atoms with van der Waals surface area (Å²) in [6.07, 6.45) is 11.6. The summed E-state index contributed by atoms with van der Waals surface area (Å²) in [5.74, 6) is 0.811. The standard InChI is InChI=1S/C12H18N2.C11H21NO3.C5H5N/c1-2-3-6-11-8-7-10-5-4-9-13-12(10)14-11;1-4-9(2)5-7-12(10(3)13)8-6-11(14)15;1-2-4-6-5-3-1/h7-8H,2-6,9H2,1H3,(H,13,14);9H,4-8H2,1-3H3,(H,14,15);1-5H. The van der Waals surface area contributed by atoms with Gasteiger partial charge in [0.2, 0.25) is 5.91 Å². The highest BCUT2D eigenvalue weighted by Gasteiger charge is 2.12. The first-order valence-corrected chi connectivity index (χ1v) is 12.9. The van der Waals surface area contributed by atoms with Crippen molar-refractivity contribution in [1.82, 2.24) is 14.9 Å². The van der Waals surface area contributed by atoms with Crippen LogP contribution in [0.2, 0.25) is 0 Å². The Bertz CT molecular complexity index is 819. The Labute approximate surface area is 211 Å². The number of pyridine rings is 2. The SMILES string of the molecule is CCC(C)CCN(CCC(=O)O)C(C)=O.CCCCc1ccc2c(n1)NCCC2.c1ccncc1. The molecule has 0 aromatic carbocycles. The largest absolute Gasteiger partial charge is 0.481 e. The number of aryl methyl sites for hydroxylation is 2. The summed E-state index contributed by atoms with van der Waals surface area (Å²) >= 11 is 0. The molecule has 0 bridgehead atoms. The van der Waals surface area contributed by atoms with Crippen molar-refractivity contribution >= 4 is 17.7 Å². The van der Waals surface area contributed by atoms with Gasteiger partial charge in [-0.2, -0.15) is 0 Å². The number of hydrogen-bond donors (Lipinski definition) is 2. The first-order chi connectivity index (χ1) is 16.9. The van der Waals surface area contributed by atoms with E-state index in [4.69, 9.17) is 5.11 Å². The maximum absolute atomic E-state index is 11.2. The molecule has 0 saturated carbocycles. The van der Waals surface area contributed by atoms with Gasteiger partial charge in [0.05, 0.1) is 6.42 Å². The fraction of sp³-hybridized carbons (Fsp3) is 0.571. The summed E-state index contributed by atoms with van der Waals surface area (Å²) in [7, 11) is 0. The summed E-state index contributed by atoms with van der Waals surface area (Å²) in [6, 6.07) is 10.1. The van der Waals surface area contributed by atoms with Gasteiger partial charge >= 0.3 is 5.97 Å². The zero-order chi connectivity index (χ0) is 25.9. The number of rotatable bonds is 10. The lowest BCUT2D eigenvalue weighted by Crippen LogP contribution is -2.32. The van der Waals surface area contributed by atoms with E-state index in [0.29, 0.717) is 19.0 Å². The van der Waals surface area contributed by atoms with Gasteiger partial charge in [0.15, 0.2) is 0 Å². The van der Waals surface area contributed by atoms with E-state index < -0.39 is 5.97 Å². The molecule has 194 valence electrons. The highest BCUT2D eigenvalue weighted by molar-refractivity contribution is 5.74. The molecule has 0 aliphatic carbocycles. The molecular formula is C28H44N4O3. The highest BCUT2D eigenvalue weighted by Crippen LogP contribution is 2.20. The van der Waals surface area contributed by atoms with Crippen LogP contribution in [0.3, 0.4) is 0 Å². The lowest BCUT2D eigenvalue weighted by atomic mass is 10.1. The molecule has 3 rings (SSSR count). The summed E-state index contributed by atoms with van der Waals surface area (Å²) in [5.41, 5.74) is 2.62. The van der Waals surface area contributed by atoms with Gasteiger partial charge in [0, 0.05) is 44.6 Å². The molecule has 1 unspecified atom stereocenters. The van der Waals surface area contributed by atoms with E-state index in [9.17, 15) is 9.59 Å². The Morgan fingerprint density at radius 3 is 2.43 bits per heavy atom. The van der Waals surface area contributed by atoms with Crippen LogP contribution < -0.4 is 5.32 Å². The number of aliphatic carboxylic acids is 1. The molecule has 1 atom stereocenters. The van der Waals surface area contributed by atoms with Crippen molar-refractivity contribution in [2.75, 3.05) is 25.0 Å². The minimum absolute atomic E-state index is 0.0279. The van der Waals surface area contributed by atoms with E-state index in [1.807, 2.05) is 18.2 Å². The molecule has 0 spiro atoms. The molecule has 1 aliphatic heterocycles. The lowest BCUT2D eigenvalue weighted by molar-refractivity contribution is -0.138. The van der Waals surface area contributed by atoms with Gasteiger partial charge in [0.25, 0.3) is 0 Å². The van der Waals surface area contributed by atoms with Crippen molar-refractivity contribution in [2.45, 2.75) is 79.1 Å². The van der Waals surface area contributed by atoms with Gasteiger partial charge in [-0.15, -0.1) is 0 Å². The zero-order valence-electron chi connectivity index (χ0n) is 22.0. The number of carbonyl (C=O) groups is 2. The average Bonchev–Trinajstić information content (AvgIpc) is 2.88. The van der Waals surface area contributed by atoms with Crippen molar-refractivity contribution in [1.29, 1.82) is 0 Å². The van der Waals surface area contributed by atoms with Gasteiger partial charge in [0.1, 0.15) is 5.82 Å². The third-order valence-electron chi connectivity index (χ3n) is 5.93. The van der Waals surface area contributed by atoms with Crippen LogP contribution in [0.1, 0.15) is 77.5 Å². The van der Waals surface area contributed by atoms with Crippen molar-refractivity contribution in [2.24, 2.45) is 5.92 Å². The maximum Gasteiger partial charge on any atom is 0.305 e. The van der Waals surface area contributed by atoms with Gasteiger partial charge in [-0.25, -0.2) is 4.98 Å². The third kappa shape index (κ3) is 14.1. The van der Waals surface area contributed by atoms with E-state index in [2.05, 4.69) is 48.2 Å². The molecule has 0 fully saturated rings. The third-order valence-corrected chi connectivity index (χ3v) is 5.93. The molecule has 0 radical (unpaired) electrons. The number of nitrogens with one attached hydrogen (secondary N) is 1. The minimum Gasteiger partial charge on any atom is -0.481 e.